The van der Waals surface area contributed by atoms with Crippen molar-refractivity contribution in [3.05, 3.63) is 60.1 Å². The van der Waals surface area contributed by atoms with Crippen molar-refractivity contribution in [1.29, 1.82) is 0 Å². The molecule has 2 aliphatic heterocycles. The van der Waals surface area contributed by atoms with Crippen molar-refractivity contribution in [1.82, 2.24) is 44.9 Å². The van der Waals surface area contributed by atoms with E-state index in [1.807, 2.05) is 30.8 Å². The van der Waals surface area contributed by atoms with Gasteiger partial charge in [0.15, 0.2) is 0 Å². The Labute approximate surface area is 267 Å². The van der Waals surface area contributed by atoms with Crippen molar-refractivity contribution in [2.45, 2.75) is 103 Å². The molecule has 2 saturated carbocycles. The van der Waals surface area contributed by atoms with Crippen molar-refractivity contribution in [2.24, 2.45) is 11.3 Å². The van der Waals surface area contributed by atoms with Crippen molar-refractivity contribution in [2.75, 3.05) is 19.6 Å². The number of nitrogens with one attached hydrogen (secondary N) is 2. The molecule has 1 spiro atoms. The fraction of sp³-hybridized carbons (Fsp3) is 0.636. The van der Waals surface area contributed by atoms with Gasteiger partial charge in [-0.25, -0.2) is 32.0 Å². The minimum atomic E-state index is -2.64. The average molecular weight is 644 g/mol. The van der Waals surface area contributed by atoms with Gasteiger partial charge in [-0.3, -0.25) is 9.58 Å². The molecule has 2 aliphatic carbocycles. The minimum Gasteiger partial charge on any atom is -0.389 e. The Kier molecular flexibility index (Phi) is 8.90. The number of likely N-dealkylation sites (tertiary alicyclic amines) is 1. The average Bonchev–Trinajstić information content (AvgIpc) is 3.62. The molecule has 4 aliphatic rings. The zero-order valence-corrected chi connectivity index (χ0v) is 26.8. The number of hydrogen-bond donors (Lipinski definition) is 2. The van der Waals surface area contributed by atoms with Gasteiger partial charge in [0.25, 0.3) is 5.78 Å². The summed E-state index contributed by atoms with van der Waals surface area (Å²) < 4.78 is 58.2. The maximum absolute atomic E-state index is 14.0. The third-order valence-electron chi connectivity index (χ3n) is 9.84. The third-order valence-corrected chi connectivity index (χ3v) is 9.84. The molecule has 1 unspecified atom stereocenters. The van der Waals surface area contributed by atoms with Crippen LogP contribution in [0.5, 0.6) is 0 Å². The van der Waals surface area contributed by atoms with Crippen LogP contribution in [0.25, 0.3) is 11.5 Å². The molecule has 7 rings (SSSR count). The molecule has 0 aromatic carbocycles. The number of fused-ring (bicyclic) bond motifs is 1. The number of hydrogen-bond acceptors (Lipinski definition) is 7. The van der Waals surface area contributed by atoms with Crippen LogP contribution < -0.4 is 10.6 Å². The van der Waals surface area contributed by atoms with E-state index < -0.39 is 11.8 Å². The van der Waals surface area contributed by atoms with Crippen LogP contribution in [0.1, 0.15) is 93.5 Å². The number of allylic oxidation sites excluding steroid dienone is 1. The first kappa shape index (κ1) is 32.5. The van der Waals surface area contributed by atoms with Crippen molar-refractivity contribution >= 4 is 11.5 Å². The molecular weight excluding hydrogens is 598 g/mol. The highest BCUT2D eigenvalue weighted by atomic mass is 19.3. The van der Waals surface area contributed by atoms with Gasteiger partial charge in [-0.15, -0.1) is 0 Å². The van der Waals surface area contributed by atoms with Gasteiger partial charge in [0.2, 0.25) is 11.8 Å². The molecule has 5 heterocycles. The summed E-state index contributed by atoms with van der Waals surface area (Å²) >= 11 is 0. The molecule has 2 saturated heterocycles. The van der Waals surface area contributed by atoms with Crippen LogP contribution >= 0.6 is 0 Å². The lowest BCUT2D eigenvalue weighted by Crippen LogP contribution is -2.65. The summed E-state index contributed by atoms with van der Waals surface area (Å²) in [6.07, 6.45) is 7.68. The predicted octanol–water partition coefficient (Wildman–Crippen LogP) is 6.28. The van der Waals surface area contributed by atoms with E-state index >= 15 is 0 Å². The van der Waals surface area contributed by atoms with E-state index in [2.05, 4.69) is 38.9 Å². The smallest absolute Gasteiger partial charge is 0.251 e. The summed E-state index contributed by atoms with van der Waals surface area (Å²) in [7, 11) is 0. The van der Waals surface area contributed by atoms with E-state index in [1.54, 1.807) is 10.7 Å². The Balaban J connectivity index is 0.000000471. The standard InChI is InChI=1S/C27H34F4N8.C6H11N/c1-4-38-22(7-10-32-38)18(3)33-23(19-5-8-26(28,29)9-6-19)21-12-39-24(35-21)34-20(17(2)36-39)11-37-15-25(16-37)13-27(30,31)14-25;1-6-4-2-3-5-7-6/h7,10,12,19,23,33H,3-6,8-9,11,13-16H2,1-2H3;7H,1-5H2. The second kappa shape index (κ2) is 12.6. The highest BCUT2D eigenvalue weighted by molar-refractivity contribution is 5.59. The quantitative estimate of drug-likeness (QED) is 0.280. The Bertz CT molecular complexity index is 1540. The fourth-order valence-corrected chi connectivity index (χ4v) is 7.49. The van der Waals surface area contributed by atoms with Gasteiger partial charge in [0.05, 0.1) is 40.7 Å². The van der Waals surface area contributed by atoms with Crippen molar-refractivity contribution in [3.63, 3.8) is 0 Å². The summed E-state index contributed by atoms with van der Waals surface area (Å²) in [6.45, 7) is 15.5. The van der Waals surface area contributed by atoms with Crippen LogP contribution in [0.3, 0.4) is 0 Å². The molecule has 1 atom stereocenters. The monoisotopic (exact) mass is 643 g/mol. The van der Waals surface area contributed by atoms with Gasteiger partial charge in [-0.2, -0.15) is 10.2 Å². The normalized spacial score (nSPS) is 22.7. The molecule has 0 bridgehead atoms. The molecule has 2 N–H and O–H groups in total. The molecule has 250 valence electrons. The van der Waals surface area contributed by atoms with Gasteiger partial charge in [-0.1, -0.05) is 13.2 Å². The third kappa shape index (κ3) is 7.08. The molecule has 9 nitrogen and oxygen atoms in total. The SMILES string of the molecule is C=C(NC(c1cn2nc(C)c(CN3CC4(C3)CC(F)(F)C4)nc2n1)C1CCC(F)(F)CC1)c1ccnn1CC.C=C1CCCCN1. The molecule has 0 amide bonds. The zero-order chi connectivity index (χ0) is 32.7. The van der Waals surface area contributed by atoms with Crippen LogP contribution in [0.4, 0.5) is 17.6 Å². The minimum absolute atomic E-state index is 0.0321. The second-order valence-electron chi connectivity index (χ2n) is 13.7. The first-order valence-corrected chi connectivity index (χ1v) is 16.4. The number of piperidine rings is 1. The summed E-state index contributed by atoms with van der Waals surface area (Å²) in [4.78, 5) is 11.7. The number of rotatable bonds is 8. The van der Waals surface area contributed by atoms with Gasteiger partial charge in [0, 0.05) is 75.7 Å². The van der Waals surface area contributed by atoms with Crippen LogP contribution in [0, 0.1) is 18.3 Å². The predicted molar refractivity (Wildman–Crippen MR) is 168 cm³/mol. The summed E-state index contributed by atoms with van der Waals surface area (Å²) in [5, 5.41) is 15.6. The van der Waals surface area contributed by atoms with E-state index in [4.69, 9.17) is 9.97 Å². The van der Waals surface area contributed by atoms with Crippen molar-refractivity contribution in [3.8, 4) is 0 Å². The number of aromatic nitrogens is 6. The maximum atomic E-state index is 14.0. The van der Waals surface area contributed by atoms with Crippen LogP contribution in [-0.2, 0) is 13.1 Å². The Morgan fingerprint density at radius 3 is 2.46 bits per heavy atom. The number of nitrogens with zero attached hydrogens (tertiary/aromatic N) is 7. The molecule has 0 radical (unpaired) electrons. The molecular formula is C33H45F4N9. The van der Waals surface area contributed by atoms with E-state index in [0.29, 0.717) is 56.2 Å². The molecule has 46 heavy (non-hydrogen) atoms. The maximum Gasteiger partial charge on any atom is 0.251 e. The molecule has 13 heteroatoms. The first-order chi connectivity index (χ1) is 21.8. The first-order valence-electron chi connectivity index (χ1n) is 16.4. The highest BCUT2D eigenvalue weighted by Gasteiger charge is 2.61. The number of imidazole rings is 1. The Morgan fingerprint density at radius 2 is 1.85 bits per heavy atom. The van der Waals surface area contributed by atoms with E-state index in [9.17, 15) is 17.6 Å². The number of halogens is 4. The van der Waals surface area contributed by atoms with Crippen molar-refractivity contribution < 1.29 is 17.6 Å². The van der Waals surface area contributed by atoms with Gasteiger partial charge < -0.3 is 10.6 Å². The van der Waals surface area contributed by atoms with E-state index in [0.717, 1.165) is 23.6 Å². The summed E-state index contributed by atoms with van der Waals surface area (Å²) in [5.74, 6) is -4.80. The van der Waals surface area contributed by atoms with Crippen LogP contribution in [-0.4, -0.2) is 65.7 Å². The second-order valence-corrected chi connectivity index (χ2v) is 13.7. The lowest BCUT2D eigenvalue weighted by Gasteiger charge is -2.58. The summed E-state index contributed by atoms with van der Waals surface area (Å²) in [5.41, 5.74) is 4.62. The fourth-order valence-electron chi connectivity index (χ4n) is 7.49. The molecule has 3 aromatic rings. The topological polar surface area (TPSA) is 88.2 Å². The Morgan fingerprint density at radius 1 is 1.11 bits per heavy atom. The molecule has 4 fully saturated rings. The van der Waals surface area contributed by atoms with Crippen LogP contribution in [0.2, 0.25) is 0 Å². The Hall–Kier alpha value is -3.48. The van der Waals surface area contributed by atoms with Crippen LogP contribution in [0.15, 0.2) is 37.3 Å². The van der Waals surface area contributed by atoms with Gasteiger partial charge in [0.1, 0.15) is 0 Å². The molecule has 3 aromatic heterocycles. The largest absolute Gasteiger partial charge is 0.389 e. The van der Waals surface area contributed by atoms with Gasteiger partial charge >= 0.3 is 0 Å². The number of aryl methyl sites for hydroxylation is 2. The van der Waals surface area contributed by atoms with E-state index in [-0.39, 0.29) is 43.1 Å². The van der Waals surface area contributed by atoms with Gasteiger partial charge in [-0.05, 0) is 57.9 Å². The number of alkyl halides is 4. The lowest BCUT2D eigenvalue weighted by molar-refractivity contribution is -0.215. The zero-order valence-electron chi connectivity index (χ0n) is 26.8. The summed E-state index contributed by atoms with van der Waals surface area (Å²) in [6, 6.07) is 1.52. The van der Waals surface area contributed by atoms with E-state index in [1.165, 1.54) is 25.0 Å². The highest BCUT2D eigenvalue weighted by Crippen LogP contribution is 2.56. The lowest BCUT2D eigenvalue weighted by atomic mass is 9.61.